The van der Waals surface area contributed by atoms with Gasteiger partial charge in [-0.25, -0.2) is 0 Å². The van der Waals surface area contributed by atoms with Gasteiger partial charge in [0.05, 0.1) is 25.6 Å². The third-order valence-corrected chi connectivity index (χ3v) is 5.47. The maximum absolute atomic E-state index is 12.8. The van der Waals surface area contributed by atoms with Crippen molar-refractivity contribution in [3.05, 3.63) is 41.5 Å². The van der Waals surface area contributed by atoms with E-state index in [-0.39, 0.29) is 5.91 Å². The molecular weight excluding hydrogens is 366 g/mol. The number of benzene rings is 2. The van der Waals surface area contributed by atoms with Gasteiger partial charge in [0.2, 0.25) is 0 Å². The lowest BCUT2D eigenvalue weighted by atomic mass is 9.91. The molecule has 1 saturated heterocycles. The summed E-state index contributed by atoms with van der Waals surface area (Å²) in [5.74, 6) is 2.12. The Morgan fingerprint density at radius 3 is 2.34 bits per heavy atom. The molecule has 6 heteroatoms. The van der Waals surface area contributed by atoms with E-state index in [1.165, 1.54) is 6.42 Å². The minimum atomic E-state index is -0.243. The van der Waals surface area contributed by atoms with Crippen molar-refractivity contribution in [1.82, 2.24) is 0 Å². The summed E-state index contributed by atoms with van der Waals surface area (Å²) < 4.78 is 10.5. The summed E-state index contributed by atoms with van der Waals surface area (Å²) in [5.41, 5.74) is 10.1. The molecule has 0 aliphatic carbocycles. The number of carbonyl (C=O) groups is 1. The average molecular weight is 398 g/mol. The number of hydrogen-bond acceptors (Lipinski definition) is 5. The van der Waals surface area contributed by atoms with E-state index in [2.05, 4.69) is 31.0 Å². The molecule has 3 rings (SSSR count). The first-order chi connectivity index (χ1) is 13.8. The number of methoxy groups -OCH3 is 2. The van der Waals surface area contributed by atoms with Gasteiger partial charge < -0.3 is 25.4 Å². The third kappa shape index (κ3) is 4.58. The van der Waals surface area contributed by atoms with E-state index in [0.29, 0.717) is 40.3 Å². The van der Waals surface area contributed by atoms with Crippen molar-refractivity contribution in [1.29, 1.82) is 0 Å². The molecule has 0 unspecified atom stereocenters. The molecule has 1 fully saturated rings. The number of rotatable bonds is 5. The van der Waals surface area contributed by atoms with Gasteiger partial charge in [-0.05, 0) is 61.1 Å². The second kappa shape index (κ2) is 8.64. The van der Waals surface area contributed by atoms with Crippen LogP contribution in [0.5, 0.6) is 11.5 Å². The van der Waals surface area contributed by atoms with Crippen molar-refractivity contribution in [3.8, 4) is 11.5 Å². The number of hydrogen-bond donors (Lipinski definition) is 2. The molecule has 3 N–H and O–H groups in total. The molecule has 0 saturated carbocycles. The van der Waals surface area contributed by atoms with E-state index in [9.17, 15) is 4.79 Å². The molecule has 29 heavy (non-hydrogen) atoms. The largest absolute Gasteiger partial charge is 0.493 e. The Hall–Kier alpha value is -2.89. The molecule has 2 aromatic rings. The molecule has 1 amide bonds. The molecule has 1 aliphatic heterocycles. The number of ether oxygens (including phenoxy) is 2. The fourth-order valence-electron chi connectivity index (χ4n) is 4.20. The molecule has 156 valence electrons. The molecule has 1 heterocycles. The number of nitrogens with two attached hydrogens (primary N) is 1. The first-order valence-electron chi connectivity index (χ1n) is 10.0. The number of nitrogens with zero attached hydrogens (tertiary/aromatic N) is 1. The fourth-order valence-corrected chi connectivity index (χ4v) is 4.20. The van der Waals surface area contributed by atoms with Gasteiger partial charge in [0.25, 0.3) is 5.91 Å². The van der Waals surface area contributed by atoms with E-state index in [1.54, 1.807) is 32.4 Å². The van der Waals surface area contributed by atoms with E-state index in [0.717, 1.165) is 24.3 Å². The lowest BCUT2D eigenvalue weighted by molar-refractivity contribution is 0.102. The van der Waals surface area contributed by atoms with Crippen LogP contribution < -0.4 is 25.4 Å². The summed E-state index contributed by atoms with van der Waals surface area (Å²) in [6.45, 7) is 8.66. The van der Waals surface area contributed by atoms with E-state index < -0.39 is 0 Å². The molecule has 0 radical (unpaired) electrons. The van der Waals surface area contributed by atoms with Crippen molar-refractivity contribution in [2.24, 2.45) is 11.8 Å². The number of aryl methyl sites for hydroxylation is 1. The van der Waals surface area contributed by atoms with E-state index in [1.807, 2.05) is 12.1 Å². The zero-order valence-electron chi connectivity index (χ0n) is 17.9. The topological polar surface area (TPSA) is 76.8 Å². The van der Waals surface area contributed by atoms with Gasteiger partial charge in [0.15, 0.2) is 11.5 Å². The fraction of sp³-hybridized carbons (Fsp3) is 0.435. The van der Waals surface area contributed by atoms with Crippen LogP contribution in [0.25, 0.3) is 0 Å². The number of carbonyl (C=O) groups excluding carboxylic acids is 1. The van der Waals surface area contributed by atoms with Gasteiger partial charge in [-0.2, -0.15) is 0 Å². The average Bonchev–Trinajstić information content (AvgIpc) is 2.68. The standard InChI is InChI=1S/C23H31N3O3/c1-14-8-15(2)13-26(12-14)20-11-19(18(24)9-16(20)3)25-23(27)17-6-7-21(28-4)22(10-17)29-5/h6-7,9-11,14-15H,8,12-13,24H2,1-5H3,(H,25,27)/t14-,15+. The lowest BCUT2D eigenvalue weighted by Gasteiger charge is -2.37. The summed E-state index contributed by atoms with van der Waals surface area (Å²) in [6.07, 6.45) is 1.24. The molecule has 0 spiro atoms. The molecule has 1 aliphatic rings. The minimum absolute atomic E-state index is 0.243. The number of piperidine rings is 1. The molecule has 0 aromatic heterocycles. The summed E-state index contributed by atoms with van der Waals surface area (Å²) >= 11 is 0. The highest BCUT2D eigenvalue weighted by molar-refractivity contribution is 6.06. The predicted octanol–water partition coefficient (Wildman–Crippen LogP) is 4.33. The Morgan fingerprint density at radius 2 is 1.72 bits per heavy atom. The Morgan fingerprint density at radius 1 is 1.07 bits per heavy atom. The van der Waals surface area contributed by atoms with Crippen LogP contribution in [0.2, 0.25) is 0 Å². The van der Waals surface area contributed by atoms with Crippen LogP contribution in [0, 0.1) is 18.8 Å². The van der Waals surface area contributed by atoms with Gasteiger partial charge in [-0.3, -0.25) is 4.79 Å². The highest BCUT2D eigenvalue weighted by atomic mass is 16.5. The van der Waals surface area contributed by atoms with Gasteiger partial charge in [0.1, 0.15) is 0 Å². The van der Waals surface area contributed by atoms with E-state index >= 15 is 0 Å². The summed E-state index contributed by atoms with van der Waals surface area (Å²) in [5, 5.41) is 2.96. The molecule has 2 aromatic carbocycles. The van der Waals surface area contributed by atoms with Crippen LogP contribution >= 0.6 is 0 Å². The Kier molecular flexibility index (Phi) is 6.20. The van der Waals surface area contributed by atoms with Crippen LogP contribution in [-0.2, 0) is 0 Å². The Labute approximate surface area is 173 Å². The van der Waals surface area contributed by atoms with Crippen molar-refractivity contribution >= 4 is 23.0 Å². The molecule has 0 bridgehead atoms. The number of nitrogens with one attached hydrogen (secondary N) is 1. The highest BCUT2D eigenvalue weighted by Gasteiger charge is 2.24. The van der Waals surface area contributed by atoms with Crippen LogP contribution in [0.3, 0.4) is 0 Å². The van der Waals surface area contributed by atoms with Crippen LogP contribution in [-0.4, -0.2) is 33.2 Å². The highest BCUT2D eigenvalue weighted by Crippen LogP contribution is 2.34. The van der Waals surface area contributed by atoms with Crippen molar-refractivity contribution in [2.45, 2.75) is 27.2 Å². The monoisotopic (exact) mass is 397 g/mol. The summed E-state index contributed by atoms with van der Waals surface area (Å²) in [4.78, 5) is 15.2. The third-order valence-electron chi connectivity index (χ3n) is 5.47. The second-order valence-electron chi connectivity index (χ2n) is 8.10. The normalized spacial score (nSPS) is 19.0. The van der Waals surface area contributed by atoms with Crippen LogP contribution in [0.1, 0.15) is 36.2 Å². The number of amides is 1. The Balaban J connectivity index is 1.86. The van der Waals surface area contributed by atoms with Gasteiger partial charge in [0, 0.05) is 24.3 Å². The molecular formula is C23H31N3O3. The zero-order chi connectivity index (χ0) is 21.1. The van der Waals surface area contributed by atoms with Crippen molar-refractivity contribution < 1.29 is 14.3 Å². The van der Waals surface area contributed by atoms with Gasteiger partial charge in [-0.15, -0.1) is 0 Å². The zero-order valence-corrected chi connectivity index (χ0v) is 17.9. The van der Waals surface area contributed by atoms with E-state index in [4.69, 9.17) is 15.2 Å². The number of nitrogen functional groups attached to an aromatic ring is 1. The quantitative estimate of drug-likeness (QED) is 0.735. The first-order valence-corrected chi connectivity index (χ1v) is 10.0. The van der Waals surface area contributed by atoms with Crippen LogP contribution in [0.4, 0.5) is 17.1 Å². The lowest BCUT2D eigenvalue weighted by Crippen LogP contribution is -2.39. The first kappa shape index (κ1) is 20.8. The molecule has 2 atom stereocenters. The maximum atomic E-state index is 12.8. The van der Waals surface area contributed by atoms with Gasteiger partial charge >= 0.3 is 0 Å². The predicted molar refractivity (Wildman–Crippen MR) is 118 cm³/mol. The smallest absolute Gasteiger partial charge is 0.255 e. The second-order valence-corrected chi connectivity index (χ2v) is 8.10. The number of anilines is 3. The van der Waals surface area contributed by atoms with Gasteiger partial charge in [-0.1, -0.05) is 13.8 Å². The van der Waals surface area contributed by atoms with Crippen molar-refractivity contribution in [2.75, 3.05) is 43.3 Å². The molecule has 6 nitrogen and oxygen atoms in total. The van der Waals surface area contributed by atoms with Crippen molar-refractivity contribution in [3.63, 3.8) is 0 Å². The summed E-state index contributed by atoms with van der Waals surface area (Å²) in [7, 11) is 3.11. The minimum Gasteiger partial charge on any atom is -0.493 e. The van der Waals surface area contributed by atoms with Crippen LogP contribution in [0.15, 0.2) is 30.3 Å². The maximum Gasteiger partial charge on any atom is 0.255 e. The summed E-state index contributed by atoms with van der Waals surface area (Å²) in [6, 6.07) is 9.01. The Bertz CT molecular complexity index is 887. The SMILES string of the molecule is COc1ccc(C(=O)Nc2cc(N3C[C@H](C)C[C@H](C)C3)c(C)cc2N)cc1OC.